The lowest BCUT2D eigenvalue weighted by molar-refractivity contribution is -0.115. The maximum absolute atomic E-state index is 11.9. The van der Waals surface area contributed by atoms with Gasteiger partial charge in [0.15, 0.2) is 0 Å². The number of anilines is 1. The number of aromatic nitrogens is 2. The molecule has 2 aromatic rings. The standard InChI is InChI=1S/C13H13N3OS/c17-13(16-11-7-14-9-15-8-11)12(18)6-10-4-2-1-3-5-10/h1-5,7-9,12,18H,6H2,(H,16,17). The van der Waals surface area contributed by atoms with E-state index in [0.29, 0.717) is 12.1 Å². The Morgan fingerprint density at radius 3 is 2.56 bits per heavy atom. The van der Waals surface area contributed by atoms with Crippen LogP contribution in [0.2, 0.25) is 0 Å². The van der Waals surface area contributed by atoms with E-state index in [1.54, 1.807) is 12.4 Å². The van der Waals surface area contributed by atoms with Crippen LogP contribution < -0.4 is 5.32 Å². The Labute approximate surface area is 111 Å². The van der Waals surface area contributed by atoms with E-state index in [1.165, 1.54) is 6.33 Å². The zero-order valence-electron chi connectivity index (χ0n) is 9.65. The smallest absolute Gasteiger partial charge is 0.237 e. The SMILES string of the molecule is O=C(Nc1cncnc1)C(S)Cc1ccccc1. The van der Waals surface area contributed by atoms with Gasteiger partial charge in [0.25, 0.3) is 0 Å². The van der Waals surface area contributed by atoms with Crippen LogP contribution in [0.5, 0.6) is 0 Å². The van der Waals surface area contributed by atoms with Crippen molar-refractivity contribution in [3.63, 3.8) is 0 Å². The highest BCUT2D eigenvalue weighted by Gasteiger charge is 2.14. The second-order valence-electron chi connectivity index (χ2n) is 3.82. The fourth-order valence-corrected chi connectivity index (χ4v) is 1.79. The third kappa shape index (κ3) is 3.56. The predicted octanol–water partition coefficient (Wildman–Crippen LogP) is 1.96. The molecule has 2 rings (SSSR count). The predicted molar refractivity (Wildman–Crippen MR) is 73.6 cm³/mol. The maximum atomic E-state index is 11.9. The lowest BCUT2D eigenvalue weighted by atomic mass is 10.1. The number of rotatable bonds is 4. The van der Waals surface area contributed by atoms with Gasteiger partial charge >= 0.3 is 0 Å². The maximum Gasteiger partial charge on any atom is 0.237 e. The van der Waals surface area contributed by atoms with Crippen molar-refractivity contribution in [1.82, 2.24) is 9.97 Å². The molecule has 1 atom stereocenters. The van der Waals surface area contributed by atoms with E-state index in [1.807, 2.05) is 30.3 Å². The first-order chi connectivity index (χ1) is 8.75. The highest BCUT2D eigenvalue weighted by molar-refractivity contribution is 7.81. The molecule has 0 radical (unpaired) electrons. The molecule has 4 nitrogen and oxygen atoms in total. The number of nitrogens with zero attached hydrogens (tertiary/aromatic N) is 2. The minimum atomic E-state index is -0.396. The summed E-state index contributed by atoms with van der Waals surface area (Å²) in [6.07, 6.45) is 5.10. The third-order valence-electron chi connectivity index (χ3n) is 2.40. The summed E-state index contributed by atoms with van der Waals surface area (Å²) >= 11 is 4.31. The van der Waals surface area contributed by atoms with E-state index in [9.17, 15) is 4.79 Å². The number of nitrogens with one attached hydrogen (secondary N) is 1. The highest BCUT2D eigenvalue weighted by Crippen LogP contribution is 2.10. The van der Waals surface area contributed by atoms with Crippen LogP contribution in [0.3, 0.4) is 0 Å². The van der Waals surface area contributed by atoms with Crippen molar-refractivity contribution in [3.05, 3.63) is 54.6 Å². The first-order valence-corrected chi connectivity index (χ1v) is 6.05. The Kier molecular flexibility index (Phi) is 4.30. The van der Waals surface area contributed by atoms with Crippen molar-refractivity contribution in [1.29, 1.82) is 0 Å². The molecule has 0 aliphatic heterocycles. The van der Waals surface area contributed by atoms with Gasteiger partial charge in [-0.25, -0.2) is 9.97 Å². The van der Waals surface area contributed by atoms with E-state index in [4.69, 9.17) is 0 Å². The normalized spacial score (nSPS) is 11.8. The molecule has 0 saturated heterocycles. The molecule has 1 unspecified atom stereocenters. The first kappa shape index (κ1) is 12.6. The van der Waals surface area contributed by atoms with E-state index >= 15 is 0 Å². The second-order valence-corrected chi connectivity index (χ2v) is 4.45. The second kappa shape index (κ2) is 6.16. The number of carbonyl (C=O) groups excluding carboxylic acids is 1. The lowest BCUT2D eigenvalue weighted by Gasteiger charge is -2.11. The Morgan fingerprint density at radius 1 is 1.22 bits per heavy atom. The summed E-state index contributed by atoms with van der Waals surface area (Å²) in [6, 6.07) is 9.78. The summed E-state index contributed by atoms with van der Waals surface area (Å²) < 4.78 is 0. The van der Waals surface area contributed by atoms with Crippen molar-refractivity contribution in [2.75, 3.05) is 5.32 Å². The van der Waals surface area contributed by atoms with E-state index in [-0.39, 0.29) is 5.91 Å². The molecular formula is C13H13N3OS. The monoisotopic (exact) mass is 259 g/mol. The number of thiol groups is 1. The molecule has 0 bridgehead atoms. The van der Waals surface area contributed by atoms with Crippen molar-refractivity contribution in [2.45, 2.75) is 11.7 Å². The molecule has 5 heteroatoms. The van der Waals surface area contributed by atoms with Crippen LogP contribution in [0.1, 0.15) is 5.56 Å². The van der Waals surface area contributed by atoms with E-state index < -0.39 is 5.25 Å². The van der Waals surface area contributed by atoms with Crippen LogP contribution in [0.25, 0.3) is 0 Å². The Morgan fingerprint density at radius 2 is 1.89 bits per heavy atom. The van der Waals surface area contributed by atoms with E-state index in [2.05, 4.69) is 27.9 Å². The third-order valence-corrected chi connectivity index (χ3v) is 2.82. The molecule has 0 aliphatic carbocycles. The minimum Gasteiger partial charge on any atom is -0.322 e. The zero-order chi connectivity index (χ0) is 12.8. The van der Waals surface area contributed by atoms with Crippen molar-refractivity contribution < 1.29 is 4.79 Å². The molecule has 0 spiro atoms. The Bertz CT molecular complexity index is 504. The van der Waals surface area contributed by atoms with Gasteiger partial charge in [0.05, 0.1) is 23.3 Å². The quantitative estimate of drug-likeness (QED) is 0.825. The Hall–Kier alpha value is -1.88. The molecule has 1 aromatic heterocycles. The summed E-state index contributed by atoms with van der Waals surface area (Å²) in [5.74, 6) is -0.156. The number of amides is 1. The van der Waals surface area contributed by atoms with Gasteiger partial charge in [-0.15, -0.1) is 0 Å². The highest BCUT2D eigenvalue weighted by atomic mass is 32.1. The zero-order valence-corrected chi connectivity index (χ0v) is 10.5. The number of benzene rings is 1. The van der Waals surface area contributed by atoms with Crippen LogP contribution in [0.4, 0.5) is 5.69 Å². The number of carbonyl (C=O) groups is 1. The van der Waals surface area contributed by atoms with Gasteiger partial charge in [0, 0.05) is 0 Å². The molecule has 0 fully saturated rings. The molecule has 1 N–H and O–H groups in total. The largest absolute Gasteiger partial charge is 0.322 e. The van der Waals surface area contributed by atoms with Crippen LogP contribution in [-0.4, -0.2) is 21.1 Å². The molecule has 92 valence electrons. The summed E-state index contributed by atoms with van der Waals surface area (Å²) in [4.78, 5) is 19.5. The summed E-state index contributed by atoms with van der Waals surface area (Å²) in [7, 11) is 0. The number of hydrogen-bond donors (Lipinski definition) is 2. The molecule has 0 saturated carbocycles. The van der Waals surface area contributed by atoms with Gasteiger partial charge in [-0.1, -0.05) is 30.3 Å². The van der Waals surface area contributed by atoms with Crippen molar-refractivity contribution >= 4 is 24.2 Å². The van der Waals surface area contributed by atoms with Gasteiger partial charge in [-0.05, 0) is 12.0 Å². The van der Waals surface area contributed by atoms with Gasteiger partial charge in [0.2, 0.25) is 5.91 Å². The average molecular weight is 259 g/mol. The molecule has 1 amide bonds. The average Bonchev–Trinajstić information content (AvgIpc) is 2.41. The van der Waals surface area contributed by atoms with Crippen LogP contribution in [0, 0.1) is 0 Å². The summed E-state index contributed by atoms with van der Waals surface area (Å²) in [6.45, 7) is 0. The molecule has 1 heterocycles. The molecule has 18 heavy (non-hydrogen) atoms. The topological polar surface area (TPSA) is 54.9 Å². The lowest BCUT2D eigenvalue weighted by Crippen LogP contribution is -2.25. The van der Waals surface area contributed by atoms with Gasteiger partial charge in [-0.2, -0.15) is 12.6 Å². The first-order valence-electron chi connectivity index (χ1n) is 5.53. The fraction of sp³-hybridized carbons (Fsp3) is 0.154. The fourth-order valence-electron chi connectivity index (χ4n) is 1.52. The summed E-state index contributed by atoms with van der Waals surface area (Å²) in [5.41, 5.74) is 1.66. The Balaban J connectivity index is 1.93. The van der Waals surface area contributed by atoms with Crippen molar-refractivity contribution in [3.8, 4) is 0 Å². The molecular weight excluding hydrogens is 246 g/mol. The van der Waals surface area contributed by atoms with Gasteiger partial charge in [-0.3, -0.25) is 4.79 Å². The van der Waals surface area contributed by atoms with E-state index in [0.717, 1.165) is 5.56 Å². The van der Waals surface area contributed by atoms with Gasteiger partial charge < -0.3 is 5.32 Å². The molecule has 0 aliphatic rings. The van der Waals surface area contributed by atoms with Crippen LogP contribution >= 0.6 is 12.6 Å². The van der Waals surface area contributed by atoms with Crippen LogP contribution in [0.15, 0.2) is 49.1 Å². The van der Waals surface area contributed by atoms with Crippen molar-refractivity contribution in [2.24, 2.45) is 0 Å². The minimum absolute atomic E-state index is 0.156. The van der Waals surface area contributed by atoms with Gasteiger partial charge in [0.1, 0.15) is 6.33 Å². The summed E-state index contributed by atoms with van der Waals surface area (Å²) in [5, 5.41) is 2.33. The molecule has 1 aromatic carbocycles. The number of hydrogen-bond acceptors (Lipinski definition) is 4. The van der Waals surface area contributed by atoms with Crippen LogP contribution in [-0.2, 0) is 11.2 Å².